The number of ether oxygens (including phenoxy) is 1. The Morgan fingerprint density at radius 1 is 1.07 bits per heavy atom. The van der Waals surface area contributed by atoms with Crippen molar-refractivity contribution in [1.29, 1.82) is 0 Å². The number of hydrogen-bond acceptors (Lipinski definition) is 4. The number of piperidine rings is 1. The number of para-hydroxylation sites is 1. The second kappa shape index (κ2) is 7.72. The van der Waals surface area contributed by atoms with Crippen molar-refractivity contribution in [3.8, 4) is 11.4 Å². The first-order chi connectivity index (χ1) is 13.7. The fourth-order valence-corrected chi connectivity index (χ4v) is 3.67. The van der Waals surface area contributed by atoms with E-state index in [0.717, 1.165) is 30.1 Å². The van der Waals surface area contributed by atoms with Gasteiger partial charge in [0.2, 0.25) is 0 Å². The molecule has 0 radical (unpaired) electrons. The van der Waals surface area contributed by atoms with Gasteiger partial charge >= 0.3 is 5.69 Å². The number of carbonyl (C=O) groups is 1. The zero-order valence-electron chi connectivity index (χ0n) is 15.7. The summed E-state index contributed by atoms with van der Waals surface area (Å²) in [5.41, 5.74) is 1.21. The van der Waals surface area contributed by atoms with E-state index in [0.29, 0.717) is 18.7 Å². The van der Waals surface area contributed by atoms with Gasteiger partial charge in [-0.2, -0.15) is 5.10 Å². The minimum Gasteiger partial charge on any atom is -0.497 e. The van der Waals surface area contributed by atoms with Crippen LogP contribution in [0.1, 0.15) is 34.9 Å². The average molecular weight is 378 g/mol. The van der Waals surface area contributed by atoms with Crippen molar-refractivity contribution in [3.05, 3.63) is 76.5 Å². The summed E-state index contributed by atoms with van der Waals surface area (Å²) in [6.45, 7) is 1.26. The third kappa shape index (κ3) is 3.43. The Morgan fingerprint density at radius 2 is 1.75 bits per heavy atom. The van der Waals surface area contributed by atoms with Crippen LogP contribution in [0.4, 0.5) is 0 Å². The third-order valence-corrected chi connectivity index (χ3v) is 5.20. The number of aromatic nitrogens is 3. The molecule has 7 nitrogen and oxygen atoms in total. The molecule has 3 aromatic rings. The molecule has 1 saturated heterocycles. The Kier molecular flexibility index (Phi) is 4.97. The van der Waals surface area contributed by atoms with Crippen molar-refractivity contribution in [2.45, 2.75) is 18.8 Å². The van der Waals surface area contributed by atoms with E-state index in [1.54, 1.807) is 35.9 Å². The monoisotopic (exact) mass is 378 g/mol. The van der Waals surface area contributed by atoms with Gasteiger partial charge in [0.25, 0.3) is 5.91 Å². The molecule has 7 heteroatoms. The Labute approximate surface area is 162 Å². The van der Waals surface area contributed by atoms with Crippen molar-refractivity contribution in [1.82, 2.24) is 19.7 Å². The van der Waals surface area contributed by atoms with Gasteiger partial charge in [-0.05, 0) is 49.2 Å². The molecule has 1 aliphatic heterocycles. The highest BCUT2D eigenvalue weighted by molar-refractivity contribution is 5.94. The summed E-state index contributed by atoms with van der Waals surface area (Å²) in [6, 6.07) is 16.7. The largest absolute Gasteiger partial charge is 0.497 e. The predicted octanol–water partition coefficient (Wildman–Crippen LogP) is 2.59. The van der Waals surface area contributed by atoms with Crippen molar-refractivity contribution >= 4 is 5.91 Å². The number of hydrogen-bond donors (Lipinski definition) is 1. The predicted molar refractivity (Wildman–Crippen MR) is 105 cm³/mol. The van der Waals surface area contributed by atoms with Gasteiger partial charge in [-0.3, -0.25) is 4.79 Å². The van der Waals surface area contributed by atoms with E-state index < -0.39 is 0 Å². The summed E-state index contributed by atoms with van der Waals surface area (Å²) in [5, 5.41) is 6.84. The molecular weight excluding hydrogens is 356 g/mol. The number of rotatable bonds is 4. The lowest BCUT2D eigenvalue weighted by Crippen LogP contribution is -2.38. The number of amides is 1. The molecule has 1 fully saturated rings. The van der Waals surface area contributed by atoms with E-state index in [4.69, 9.17) is 4.74 Å². The van der Waals surface area contributed by atoms with Gasteiger partial charge in [0.15, 0.2) is 0 Å². The van der Waals surface area contributed by atoms with Gasteiger partial charge in [-0.25, -0.2) is 14.5 Å². The standard InChI is InChI=1S/C21H22N4O3/c1-28-18-9-7-16(8-10-18)20(26)24-13-11-15(12-14-24)19-22-23-21(27)25(19)17-5-3-2-4-6-17/h2-10,15H,11-14H2,1H3,(H,23,27). The van der Waals surface area contributed by atoms with Gasteiger partial charge in [-0.15, -0.1) is 0 Å². The highest BCUT2D eigenvalue weighted by atomic mass is 16.5. The van der Waals surface area contributed by atoms with E-state index in [-0.39, 0.29) is 17.5 Å². The van der Waals surface area contributed by atoms with Crippen LogP contribution in [0, 0.1) is 0 Å². The van der Waals surface area contributed by atoms with Gasteiger partial charge in [0.05, 0.1) is 12.8 Å². The molecule has 28 heavy (non-hydrogen) atoms. The van der Waals surface area contributed by atoms with Gasteiger partial charge in [0.1, 0.15) is 11.6 Å². The second-order valence-electron chi connectivity index (χ2n) is 6.85. The van der Waals surface area contributed by atoms with Crippen LogP contribution >= 0.6 is 0 Å². The Hall–Kier alpha value is -3.35. The lowest BCUT2D eigenvalue weighted by molar-refractivity contribution is 0.0710. The number of likely N-dealkylation sites (tertiary alicyclic amines) is 1. The lowest BCUT2D eigenvalue weighted by atomic mass is 9.95. The third-order valence-electron chi connectivity index (χ3n) is 5.20. The summed E-state index contributed by atoms with van der Waals surface area (Å²) < 4.78 is 6.78. The number of nitrogens with one attached hydrogen (secondary N) is 1. The molecule has 0 atom stereocenters. The van der Waals surface area contributed by atoms with Gasteiger partial charge in [0, 0.05) is 24.6 Å². The number of H-pyrrole nitrogens is 1. The van der Waals surface area contributed by atoms with Crippen molar-refractivity contribution in [3.63, 3.8) is 0 Å². The molecule has 1 aromatic heterocycles. The molecule has 0 aliphatic carbocycles. The summed E-state index contributed by atoms with van der Waals surface area (Å²) in [7, 11) is 1.60. The molecule has 4 rings (SSSR count). The maximum Gasteiger partial charge on any atom is 0.347 e. The van der Waals surface area contributed by atoms with Crippen LogP contribution in [-0.4, -0.2) is 45.8 Å². The molecule has 1 aliphatic rings. The molecule has 0 bridgehead atoms. The first kappa shape index (κ1) is 18.0. The van der Waals surface area contributed by atoms with Crippen LogP contribution in [0.2, 0.25) is 0 Å². The van der Waals surface area contributed by atoms with Crippen LogP contribution in [0.15, 0.2) is 59.4 Å². The van der Waals surface area contributed by atoms with Gasteiger partial charge in [-0.1, -0.05) is 18.2 Å². The zero-order chi connectivity index (χ0) is 19.5. The second-order valence-corrected chi connectivity index (χ2v) is 6.85. The molecule has 0 spiro atoms. The van der Waals surface area contributed by atoms with E-state index in [1.165, 1.54) is 0 Å². The summed E-state index contributed by atoms with van der Waals surface area (Å²) in [4.78, 5) is 26.9. The average Bonchev–Trinajstić information content (AvgIpc) is 3.15. The smallest absolute Gasteiger partial charge is 0.347 e. The summed E-state index contributed by atoms with van der Waals surface area (Å²) >= 11 is 0. The molecule has 1 N–H and O–H groups in total. The summed E-state index contributed by atoms with van der Waals surface area (Å²) in [6.07, 6.45) is 1.53. The first-order valence-corrected chi connectivity index (χ1v) is 9.33. The van der Waals surface area contributed by atoms with E-state index in [1.807, 2.05) is 35.2 Å². The number of benzene rings is 2. The maximum atomic E-state index is 12.7. The quantitative estimate of drug-likeness (QED) is 0.757. The molecule has 144 valence electrons. The molecule has 0 saturated carbocycles. The lowest BCUT2D eigenvalue weighted by Gasteiger charge is -2.31. The van der Waals surface area contributed by atoms with Gasteiger partial charge < -0.3 is 9.64 Å². The topological polar surface area (TPSA) is 80.2 Å². The van der Waals surface area contributed by atoms with Crippen LogP contribution in [0.3, 0.4) is 0 Å². The fourth-order valence-electron chi connectivity index (χ4n) is 3.67. The van der Waals surface area contributed by atoms with Crippen molar-refractivity contribution in [2.75, 3.05) is 20.2 Å². The normalized spacial score (nSPS) is 14.8. The SMILES string of the molecule is COc1ccc(C(=O)N2CCC(c3n[nH]c(=O)n3-c3ccccc3)CC2)cc1. The van der Waals surface area contributed by atoms with Crippen molar-refractivity contribution < 1.29 is 9.53 Å². The number of carbonyl (C=O) groups excluding carboxylic acids is 1. The van der Waals surface area contributed by atoms with Crippen LogP contribution < -0.4 is 10.4 Å². The highest BCUT2D eigenvalue weighted by Gasteiger charge is 2.28. The molecule has 0 unspecified atom stereocenters. The van der Waals surface area contributed by atoms with E-state index >= 15 is 0 Å². The van der Waals surface area contributed by atoms with Crippen LogP contribution in [0.25, 0.3) is 5.69 Å². The fraction of sp³-hybridized carbons (Fsp3) is 0.286. The van der Waals surface area contributed by atoms with E-state index in [2.05, 4.69) is 10.2 Å². The summed E-state index contributed by atoms with van der Waals surface area (Å²) in [5.74, 6) is 1.60. The molecule has 2 aromatic carbocycles. The molecule has 2 heterocycles. The van der Waals surface area contributed by atoms with Crippen LogP contribution in [0.5, 0.6) is 5.75 Å². The minimum absolute atomic E-state index is 0.0172. The highest BCUT2D eigenvalue weighted by Crippen LogP contribution is 2.28. The zero-order valence-corrected chi connectivity index (χ0v) is 15.7. The van der Waals surface area contributed by atoms with Crippen LogP contribution in [-0.2, 0) is 0 Å². The minimum atomic E-state index is -0.238. The van der Waals surface area contributed by atoms with Crippen molar-refractivity contribution in [2.24, 2.45) is 0 Å². The number of aromatic amines is 1. The number of methoxy groups -OCH3 is 1. The molecule has 1 amide bonds. The Balaban J connectivity index is 1.48. The Bertz CT molecular complexity index is 1000. The molecular formula is C21H22N4O3. The Morgan fingerprint density at radius 3 is 2.39 bits per heavy atom. The first-order valence-electron chi connectivity index (χ1n) is 9.33. The maximum absolute atomic E-state index is 12.7. The van der Waals surface area contributed by atoms with E-state index in [9.17, 15) is 9.59 Å². The number of nitrogens with zero attached hydrogens (tertiary/aromatic N) is 3.